The highest BCUT2D eigenvalue weighted by Crippen LogP contribution is 2.56. The van der Waals surface area contributed by atoms with Gasteiger partial charge in [-0.15, -0.1) is 0 Å². The molecular weight excluding hydrogens is 635 g/mol. The lowest BCUT2D eigenvalue weighted by Crippen LogP contribution is -2.46. The topological polar surface area (TPSA) is 91.5 Å². The number of fused-ring (bicyclic) bond motifs is 2. The Bertz CT molecular complexity index is 1650. The van der Waals surface area contributed by atoms with Crippen LogP contribution in [0.25, 0.3) is 0 Å². The second kappa shape index (κ2) is 12.0. The molecule has 0 aromatic heterocycles. The lowest BCUT2D eigenvalue weighted by atomic mass is 9.63. The van der Waals surface area contributed by atoms with Crippen LogP contribution in [0.1, 0.15) is 54.6 Å². The van der Waals surface area contributed by atoms with E-state index in [1.54, 1.807) is 24.3 Å². The molecule has 3 aromatic rings. The molecule has 2 aliphatic rings. The molecule has 2 aliphatic heterocycles. The molecule has 3 aromatic carbocycles. The fourth-order valence-corrected chi connectivity index (χ4v) is 6.97. The lowest BCUT2D eigenvalue weighted by Gasteiger charge is -2.39. The number of anilines is 2. The summed E-state index contributed by atoms with van der Waals surface area (Å²) in [7, 11) is 1.26. The van der Waals surface area contributed by atoms with Gasteiger partial charge in [0, 0.05) is 40.2 Å². The van der Waals surface area contributed by atoms with Crippen LogP contribution in [0, 0.1) is 11.2 Å². The molecule has 1 unspecified atom stereocenters. The highest BCUT2D eigenvalue weighted by atomic mass is 35.5. The molecule has 13 heteroatoms. The number of nitrogens with one attached hydrogen (secondary N) is 4. The summed E-state index contributed by atoms with van der Waals surface area (Å²) in [5, 5.41) is 11.1. The smallest absolute Gasteiger partial charge is 0.484 e. The van der Waals surface area contributed by atoms with Crippen LogP contribution in [0.15, 0.2) is 54.6 Å². The van der Waals surface area contributed by atoms with Crippen LogP contribution in [0.4, 0.5) is 28.9 Å². The van der Waals surface area contributed by atoms with E-state index in [0.717, 1.165) is 28.7 Å². The second-order valence-corrected chi connectivity index (χ2v) is 13.4. The van der Waals surface area contributed by atoms with E-state index in [1.807, 2.05) is 6.07 Å². The average Bonchev–Trinajstić information content (AvgIpc) is 3.46. The van der Waals surface area contributed by atoms with E-state index >= 15 is 4.39 Å². The van der Waals surface area contributed by atoms with Crippen molar-refractivity contribution < 1.29 is 31.9 Å². The van der Waals surface area contributed by atoms with Gasteiger partial charge in [0.05, 0.1) is 23.9 Å². The molecule has 1 spiro atoms. The molecule has 2 amide bonds. The van der Waals surface area contributed by atoms with E-state index in [-0.39, 0.29) is 39.0 Å². The monoisotopic (exact) mass is 666 g/mol. The van der Waals surface area contributed by atoms with Gasteiger partial charge in [-0.2, -0.15) is 13.2 Å². The number of carbonyl (C=O) groups is 2. The maximum Gasteiger partial charge on any atom is 0.484 e. The van der Waals surface area contributed by atoms with Crippen LogP contribution in [0.2, 0.25) is 10.0 Å². The summed E-state index contributed by atoms with van der Waals surface area (Å²) in [5.41, 5.74) is 0.697. The summed E-state index contributed by atoms with van der Waals surface area (Å²) in [4.78, 5) is 26.3. The lowest BCUT2D eigenvalue weighted by molar-refractivity contribution is -0.146. The Hall–Kier alpha value is -3.54. The van der Waals surface area contributed by atoms with Crippen molar-refractivity contribution in [1.82, 2.24) is 10.6 Å². The third-order valence-electron chi connectivity index (χ3n) is 8.34. The number of ether oxygens (including phenoxy) is 1. The third-order valence-corrected chi connectivity index (χ3v) is 8.86. The quantitative estimate of drug-likeness (QED) is 0.164. The van der Waals surface area contributed by atoms with Crippen LogP contribution in [-0.2, 0) is 10.2 Å². The van der Waals surface area contributed by atoms with E-state index in [4.69, 9.17) is 27.9 Å². The molecule has 0 bridgehead atoms. The zero-order valence-electron chi connectivity index (χ0n) is 24.8. The molecule has 0 aliphatic carbocycles. The number of rotatable bonds is 6. The molecular formula is C32H32Cl2F4N4O3. The van der Waals surface area contributed by atoms with Crippen LogP contribution in [0.5, 0.6) is 5.75 Å². The fourth-order valence-electron chi connectivity index (χ4n) is 6.61. The van der Waals surface area contributed by atoms with Gasteiger partial charge in [-0.05, 0) is 59.4 Å². The summed E-state index contributed by atoms with van der Waals surface area (Å²) in [5.74, 6) is -3.36. The molecule has 4 atom stereocenters. The van der Waals surface area contributed by atoms with E-state index < -0.39 is 41.3 Å². The Labute approximate surface area is 268 Å². The first kappa shape index (κ1) is 32.8. The normalized spacial score (nSPS) is 22.6. The van der Waals surface area contributed by atoms with Crippen LogP contribution >= 0.6 is 23.2 Å². The van der Waals surface area contributed by atoms with Crippen molar-refractivity contribution >= 4 is 46.4 Å². The molecule has 1 saturated heterocycles. The Morgan fingerprint density at radius 3 is 2.47 bits per heavy atom. The molecule has 7 nitrogen and oxygen atoms in total. The van der Waals surface area contributed by atoms with E-state index in [1.165, 1.54) is 19.2 Å². The van der Waals surface area contributed by atoms with E-state index in [0.29, 0.717) is 18.0 Å². The number of hydrogen-bond acceptors (Lipinski definition) is 5. The van der Waals surface area contributed by atoms with E-state index in [2.05, 4.69) is 36.7 Å². The van der Waals surface area contributed by atoms with Gasteiger partial charge in [-0.3, -0.25) is 14.9 Å². The highest BCUT2D eigenvalue weighted by Gasteiger charge is 2.61. The summed E-state index contributed by atoms with van der Waals surface area (Å²) < 4.78 is 59.4. The SMILES string of the molecule is COc1cc(C(=O)NC(F)(F)F)ccc1NC(=O)[C@@H]1NC(CC(C)(C)C)[C@@]2(CNc3cc(Cl)ccc32)[C@H]1c1cccc(Cl)c1F. The van der Waals surface area contributed by atoms with Crippen molar-refractivity contribution in [2.24, 2.45) is 5.41 Å². The molecule has 5 rings (SSSR count). The Morgan fingerprint density at radius 1 is 1.07 bits per heavy atom. The molecule has 0 saturated carbocycles. The maximum atomic E-state index is 15.9. The van der Waals surface area contributed by atoms with Gasteiger partial charge in [0.2, 0.25) is 5.91 Å². The minimum Gasteiger partial charge on any atom is -0.495 e. The minimum absolute atomic E-state index is 0.0369. The number of alkyl halides is 3. The zero-order chi connectivity index (χ0) is 32.9. The number of amides is 2. The van der Waals surface area contributed by atoms with Crippen molar-refractivity contribution in [1.29, 1.82) is 0 Å². The van der Waals surface area contributed by atoms with Crippen LogP contribution in [0.3, 0.4) is 0 Å². The number of hydrogen-bond donors (Lipinski definition) is 4. The summed E-state index contributed by atoms with van der Waals surface area (Å²) in [6.07, 6.45) is -4.31. The van der Waals surface area contributed by atoms with Gasteiger partial charge in [-0.1, -0.05) is 62.2 Å². The molecule has 1 fully saturated rings. The second-order valence-electron chi connectivity index (χ2n) is 12.5. The van der Waals surface area contributed by atoms with Gasteiger partial charge in [-0.25, -0.2) is 4.39 Å². The first-order valence-electron chi connectivity index (χ1n) is 14.2. The number of methoxy groups -OCH3 is 1. The average molecular weight is 668 g/mol. The Kier molecular flexibility index (Phi) is 8.76. The van der Waals surface area contributed by atoms with Crippen molar-refractivity contribution in [2.45, 2.75) is 56.9 Å². The number of halogens is 6. The highest BCUT2D eigenvalue weighted by molar-refractivity contribution is 6.31. The minimum atomic E-state index is -4.92. The summed E-state index contributed by atoms with van der Waals surface area (Å²) >= 11 is 12.6. The van der Waals surface area contributed by atoms with E-state index in [9.17, 15) is 22.8 Å². The van der Waals surface area contributed by atoms with Crippen molar-refractivity contribution in [2.75, 3.05) is 24.3 Å². The van der Waals surface area contributed by atoms with Crippen LogP contribution in [-0.4, -0.2) is 43.9 Å². The first-order chi connectivity index (χ1) is 21.0. The zero-order valence-corrected chi connectivity index (χ0v) is 26.3. The Morgan fingerprint density at radius 2 is 1.80 bits per heavy atom. The van der Waals surface area contributed by atoms with Gasteiger partial charge < -0.3 is 20.7 Å². The predicted molar refractivity (Wildman–Crippen MR) is 166 cm³/mol. The van der Waals surface area contributed by atoms with Gasteiger partial charge in [0.1, 0.15) is 11.6 Å². The molecule has 4 N–H and O–H groups in total. The molecule has 0 radical (unpaired) electrons. The summed E-state index contributed by atoms with van der Waals surface area (Å²) in [6, 6.07) is 12.4. The summed E-state index contributed by atoms with van der Waals surface area (Å²) in [6.45, 7) is 6.62. The molecule has 240 valence electrons. The fraction of sp³-hybridized carbons (Fsp3) is 0.375. The van der Waals surface area contributed by atoms with Gasteiger partial charge in [0.15, 0.2) is 0 Å². The number of carbonyl (C=O) groups excluding carboxylic acids is 2. The standard InChI is InChI=1S/C32H32Cl2F4N4O3/c1-30(2,3)14-24-31(15-39-22-13-17(33)9-10-19(22)31)25(18-6-5-7-20(34)26(18)35)27(41-24)29(44)40-21-11-8-16(12-23(21)45-4)28(43)42-32(36,37)38/h5-13,24-25,27,39,41H,14-15H2,1-4H3,(H,40,44)(H,42,43)/t24?,25-,27+,31-/m0/s1. The van der Waals surface area contributed by atoms with Crippen molar-refractivity contribution in [3.05, 3.63) is 87.2 Å². The van der Waals surface area contributed by atoms with Gasteiger partial charge >= 0.3 is 6.30 Å². The largest absolute Gasteiger partial charge is 0.495 e. The number of benzene rings is 3. The van der Waals surface area contributed by atoms with Crippen molar-refractivity contribution in [3.63, 3.8) is 0 Å². The van der Waals surface area contributed by atoms with Gasteiger partial charge in [0.25, 0.3) is 5.91 Å². The Balaban J connectivity index is 1.60. The third kappa shape index (κ3) is 6.43. The van der Waals surface area contributed by atoms with Crippen LogP contribution < -0.4 is 26.0 Å². The maximum absolute atomic E-state index is 15.9. The first-order valence-corrected chi connectivity index (χ1v) is 14.9. The van der Waals surface area contributed by atoms with Crippen molar-refractivity contribution in [3.8, 4) is 5.75 Å². The predicted octanol–water partition coefficient (Wildman–Crippen LogP) is 7.25. The molecule has 45 heavy (non-hydrogen) atoms. The molecule has 2 heterocycles.